The second-order valence-corrected chi connectivity index (χ2v) is 8.39. The summed E-state index contributed by atoms with van der Waals surface area (Å²) in [6.45, 7) is 6.80. The van der Waals surface area contributed by atoms with Crippen molar-refractivity contribution in [3.05, 3.63) is 101 Å². The Morgan fingerprint density at radius 3 is 2.57 bits per heavy atom. The van der Waals surface area contributed by atoms with Crippen LogP contribution in [0.2, 0.25) is 0 Å². The summed E-state index contributed by atoms with van der Waals surface area (Å²) >= 11 is 0. The van der Waals surface area contributed by atoms with E-state index in [1.165, 1.54) is 22.5 Å². The van der Waals surface area contributed by atoms with Gasteiger partial charge in [0.25, 0.3) is 5.56 Å². The molecular weight excluding hydrogens is 442 g/mol. The molecule has 1 aliphatic heterocycles. The highest BCUT2D eigenvalue weighted by molar-refractivity contribution is 5.90. The third-order valence-corrected chi connectivity index (χ3v) is 6.00. The molecule has 0 atom stereocenters. The van der Waals surface area contributed by atoms with E-state index in [-0.39, 0.29) is 17.8 Å². The van der Waals surface area contributed by atoms with Crippen molar-refractivity contribution in [2.75, 3.05) is 31.2 Å². The van der Waals surface area contributed by atoms with Gasteiger partial charge in [-0.25, -0.2) is 15.0 Å². The van der Waals surface area contributed by atoms with E-state index >= 15 is 0 Å². The van der Waals surface area contributed by atoms with Crippen LogP contribution >= 0.6 is 0 Å². The number of carbonyl (C=O) groups is 1. The van der Waals surface area contributed by atoms with Crippen molar-refractivity contribution in [2.45, 2.75) is 12.8 Å². The lowest BCUT2D eigenvalue weighted by Crippen LogP contribution is -2.36. The Morgan fingerprint density at radius 1 is 1.00 bits per heavy atom. The van der Waals surface area contributed by atoms with Gasteiger partial charge in [0, 0.05) is 31.6 Å². The Kier molecular flexibility index (Phi) is 6.45. The zero-order valence-electron chi connectivity index (χ0n) is 19.3. The maximum absolute atomic E-state index is 12.8. The minimum absolute atomic E-state index is 0.0849. The summed E-state index contributed by atoms with van der Waals surface area (Å²) in [4.78, 5) is 40.3. The van der Waals surface area contributed by atoms with Crippen LogP contribution in [0.5, 0.6) is 0 Å². The molecule has 2 aromatic carbocycles. The number of ketones is 1. The van der Waals surface area contributed by atoms with E-state index in [4.69, 9.17) is 9.72 Å². The van der Waals surface area contributed by atoms with Gasteiger partial charge in [0.2, 0.25) is 0 Å². The van der Waals surface area contributed by atoms with Crippen LogP contribution in [-0.2, 0) is 22.4 Å². The van der Waals surface area contributed by atoms with Gasteiger partial charge < -0.3 is 9.64 Å². The average molecular weight is 468 g/mol. The van der Waals surface area contributed by atoms with Gasteiger partial charge in [0.15, 0.2) is 11.4 Å². The summed E-state index contributed by atoms with van der Waals surface area (Å²) in [5.74, 6) is 0.508. The molecule has 5 rings (SSSR count). The lowest BCUT2D eigenvalue weighted by atomic mass is 10.1. The molecule has 176 valence electrons. The van der Waals surface area contributed by atoms with Crippen LogP contribution in [0.1, 0.15) is 17.0 Å². The summed E-state index contributed by atoms with van der Waals surface area (Å²) in [5.41, 5.74) is 4.30. The number of ether oxygens (including phenoxy) is 1. The molecule has 3 heterocycles. The molecule has 0 aliphatic carbocycles. The molecule has 0 unspecified atom stereocenters. The minimum Gasteiger partial charge on any atom is -0.378 e. The maximum atomic E-state index is 12.8. The van der Waals surface area contributed by atoms with Gasteiger partial charge in [-0.1, -0.05) is 30.8 Å². The SMILES string of the molecule is C=CC(=O)Cc1cccc(-n2c(=O)cnc3cnc(Cc4ccc(N5CCOCC5)cc4)nc32)c1. The first-order valence-electron chi connectivity index (χ1n) is 11.5. The monoisotopic (exact) mass is 467 g/mol. The number of aromatic nitrogens is 4. The molecule has 2 aromatic heterocycles. The standard InChI is InChI=1S/C27H25N5O3/c1-2-23(33)15-20-4-3-5-22(14-20)32-26(34)18-28-24-17-29-25(30-27(24)32)16-19-6-8-21(9-7-19)31-10-12-35-13-11-31/h2-9,14,17-18H,1,10-13,15-16H2. The van der Waals surface area contributed by atoms with Gasteiger partial charge in [-0.3, -0.25) is 14.2 Å². The van der Waals surface area contributed by atoms with Crippen molar-refractivity contribution >= 4 is 22.6 Å². The van der Waals surface area contributed by atoms with E-state index in [1.807, 2.05) is 24.3 Å². The smallest absolute Gasteiger partial charge is 0.275 e. The number of nitrogens with zero attached hydrogens (tertiary/aromatic N) is 5. The van der Waals surface area contributed by atoms with Crippen molar-refractivity contribution < 1.29 is 9.53 Å². The van der Waals surface area contributed by atoms with Gasteiger partial charge in [-0.15, -0.1) is 0 Å². The number of hydrogen-bond donors (Lipinski definition) is 0. The van der Waals surface area contributed by atoms with Crippen LogP contribution in [0.3, 0.4) is 0 Å². The molecule has 0 N–H and O–H groups in total. The van der Waals surface area contributed by atoms with Gasteiger partial charge in [0.05, 0.1) is 31.3 Å². The molecule has 0 spiro atoms. The fraction of sp³-hybridized carbons (Fsp3) is 0.222. The van der Waals surface area contributed by atoms with E-state index in [1.54, 1.807) is 6.20 Å². The number of rotatable bonds is 7. The summed E-state index contributed by atoms with van der Waals surface area (Å²) in [6.07, 6.45) is 4.94. The molecule has 0 radical (unpaired) electrons. The lowest BCUT2D eigenvalue weighted by molar-refractivity contribution is -0.114. The maximum Gasteiger partial charge on any atom is 0.275 e. The number of hydrogen-bond acceptors (Lipinski definition) is 7. The zero-order valence-corrected chi connectivity index (χ0v) is 19.3. The highest BCUT2D eigenvalue weighted by atomic mass is 16.5. The van der Waals surface area contributed by atoms with Gasteiger partial charge in [0.1, 0.15) is 11.3 Å². The molecule has 1 saturated heterocycles. The Hall–Kier alpha value is -4.17. The van der Waals surface area contributed by atoms with Crippen LogP contribution < -0.4 is 10.5 Å². The molecule has 0 amide bonds. The van der Waals surface area contributed by atoms with E-state index in [0.717, 1.165) is 37.4 Å². The molecule has 35 heavy (non-hydrogen) atoms. The first-order valence-corrected chi connectivity index (χ1v) is 11.5. The molecule has 1 aliphatic rings. The fourth-order valence-electron chi connectivity index (χ4n) is 4.19. The quantitative estimate of drug-likeness (QED) is 0.386. The van der Waals surface area contributed by atoms with Crippen molar-refractivity contribution in [1.29, 1.82) is 0 Å². The van der Waals surface area contributed by atoms with Gasteiger partial charge in [-0.2, -0.15) is 0 Å². The molecule has 8 heteroatoms. The third-order valence-electron chi connectivity index (χ3n) is 6.00. The molecule has 1 fully saturated rings. The number of allylic oxidation sites excluding steroid dienone is 1. The van der Waals surface area contributed by atoms with Crippen LogP contribution in [0.4, 0.5) is 5.69 Å². The van der Waals surface area contributed by atoms with Crippen molar-refractivity contribution in [3.8, 4) is 5.69 Å². The molecular formula is C27H25N5O3. The van der Waals surface area contributed by atoms with Crippen LogP contribution in [0.25, 0.3) is 16.9 Å². The number of morpholine rings is 1. The van der Waals surface area contributed by atoms with E-state index in [9.17, 15) is 9.59 Å². The highest BCUT2D eigenvalue weighted by Crippen LogP contribution is 2.19. The number of benzene rings is 2. The normalized spacial score (nSPS) is 13.7. The van der Waals surface area contributed by atoms with Crippen LogP contribution in [0.15, 0.2) is 78.4 Å². The largest absolute Gasteiger partial charge is 0.378 e. The van der Waals surface area contributed by atoms with Gasteiger partial charge >= 0.3 is 0 Å². The first-order chi connectivity index (χ1) is 17.1. The van der Waals surface area contributed by atoms with Crippen molar-refractivity contribution in [3.63, 3.8) is 0 Å². The van der Waals surface area contributed by atoms with Crippen LogP contribution in [0, 0.1) is 0 Å². The Labute approximate surface area is 202 Å². The predicted octanol–water partition coefficient (Wildman–Crippen LogP) is 2.90. The average Bonchev–Trinajstić information content (AvgIpc) is 2.89. The van der Waals surface area contributed by atoms with E-state index < -0.39 is 0 Å². The molecule has 0 bridgehead atoms. The second-order valence-electron chi connectivity index (χ2n) is 8.39. The molecule has 0 saturated carbocycles. The Morgan fingerprint density at radius 2 is 1.80 bits per heavy atom. The summed E-state index contributed by atoms with van der Waals surface area (Å²) in [5, 5.41) is 0. The fourth-order valence-corrected chi connectivity index (χ4v) is 4.19. The summed E-state index contributed by atoms with van der Waals surface area (Å²) in [6, 6.07) is 15.7. The highest BCUT2D eigenvalue weighted by Gasteiger charge is 2.13. The molecule has 8 nitrogen and oxygen atoms in total. The number of carbonyl (C=O) groups excluding carboxylic acids is 1. The predicted molar refractivity (Wildman–Crippen MR) is 134 cm³/mol. The van der Waals surface area contributed by atoms with E-state index in [0.29, 0.717) is 29.1 Å². The summed E-state index contributed by atoms with van der Waals surface area (Å²) in [7, 11) is 0. The van der Waals surface area contributed by atoms with E-state index in [2.05, 4.69) is 45.7 Å². The van der Waals surface area contributed by atoms with Crippen LogP contribution in [-0.4, -0.2) is 51.6 Å². The van der Waals surface area contributed by atoms with Crippen molar-refractivity contribution in [1.82, 2.24) is 19.5 Å². The summed E-state index contributed by atoms with van der Waals surface area (Å²) < 4.78 is 6.94. The third kappa shape index (κ3) is 5.02. The Balaban J connectivity index is 1.46. The second kappa shape index (κ2) is 9.99. The number of anilines is 1. The number of fused-ring (bicyclic) bond motifs is 1. The zero-order chi connectivity index (χ0) is 24.2. The first kappa shape index (κ1) is 22.6. The lowest BCUT2D eigenvalue weighted by Gasteiger charge is -2.28. The Bertz CT molecular complexity index is 1440. The van der Waals surface area contributed by atoms with Gasteiger partial charge in [-0.05, 0) is 41.5 Å². The van der Waals surface area contributed by atoms with Crippen molar-refractivity contribution in [2.24, 2.45) is 0 Å². The topological polar surface area (TPSA) is 90.2 Å². The minimum atomic E-state index is -0.302. The molecule has 4 aromatic rings.